The molecule has 2 saturated heterocycles. The molecule has 6 heteroatoms. The number of nitrogens with one attached hydrogen (secondary N) is 1. The molecule has 4 nitrogen and oxygen atoms in total. The molecule has 2 aliphatic rings. The summed E-state index contributed by atoms with van der Waals surface area (Å²) in [5.74, 6) is 1.91. The Morgan fingerprint density at radius 1 is 1.31 bits per heavy atom. The summed E-state index contributed by atoms with van der Waals surface area (Å²) in [4.78, 5) is 11.6. The van der Waals surface area contributed by atoms with Crippen LogP contribution in [0, 0.1) is 5.92 Å². The van der Waals surface area contributed by atoms with Crippen molar-refractivity contribution in [1.29, 1.82) is 0 Å². The van der Waals surface area contributed by atoms with Gasteiger partial charge in [-0.3, -0.25) is 4.99 Å². The molecule has 0 saturated carbocycles. The maximum absolute atomic E-state index is 5.01. The summed E-state index contributed by atoms with van der Waals surface area (Å²) in [5, 5.41) is 5.68. The van der Waals surface area contributed by atoms with E-state index in [-0.39, 0.29) is 29.4 Å². The summed E-state index contributed by atoms with van der Waals surface area (Å²) < 4.78 is 0. The molecule has 1 aromatic heterocycles. The molecule has 0 amide bonds. The zero-order valence-electron chi connectivity index (χ0n) is 16.5. The van der Waals surface area contributed by atoms with Gasteiger partial charge in [-0.25, -0.2) is 0 Å². The second kappa shape index (κ2) is 10.3. The molecule has 0 bridgehead atoms. The van der Waals surface area contributed by atoms with Crippen molar-refractivity contribution >= 4 is 41.3 Å². The summed E-state index contributed by atoms with van der Waals surface area (Å²) in [6.07, 6.45) is 4.08. The van der Waals surface area contributed by atoms with E-state index in [1.54, 1.807) is 0 Å². The summed E-state index contributed by atoms with van der Waals surface area (Å²) in [7, 11) is 0. The Morgan fingerprint density at radius 3 is 2.73 bits per heavy atom. The zero-order chi connectivity index (χ0) is 17.7. The first-order valence-electron chi connectivity index (χ1n) is 9.88. The third kappa shape index (κ3) is 5.83. The van der Waals surface area contributed by atoms with Crippen LogP contribution in [0.15, 0.2) is 22.5 Å². The van der Waals surface area contributed by atoms with Crippen molar-refractivity contribution in [2.24, 2.45) is 10.9 Å². The number of nitrogens with zero attached hydrogens (tertiary/aromatic N) is 3. The van der Waals surface area contributed by atoms with Crippen LogP contribution >= 0.6 is 35.3 Å². The van der Waals surface area contributed by atoms with Gasteiger partial charge >= 0.3 is 0 Å². The topological polar surface area (TPSA) is 30.9 Å². The lowest BCUT2D eigenvalue weighted by atomic mass is 9.92. The minimum atomic E-state index is 0. The highest BCUT2D eigenvalue weighted by Crippen LogP contribution is 2.28. The first kappa shape index (κ1) is 22.0. The Kier molecular flexibility index (Phi) is 8.67. The lowest BCUT2D eigenvalue weighted by Gasteiger charge is -2.26. The van der Waals surface area contributed by atoms with Crippen LogP contribution < -0.4 is 5.32 Å². The van der Waals surface area contributed by atoms with E-state index < -0.39 is 0 Å². The van der Waals surface area contributed by atoms with Crippen molar-refractivity contribution in [3.05, 3.63) is 22.4 Å². The minimum Gasteiger partial charge on any atom is -0.357 e. The fraction of sp³-hybridized carbons (Fsp3) is 0.750. The number of thiophene rings is 1. The van der Waals surface area contributed by atoms with Gasteiger partial charge in [0.15, 0.2) is 5.96 Å². The zero-order valence-corrected chi connectivity index (χ0v) is 19.7. The second-order valence-electron chi connectivity index (χ2n) is 8.14. The van der Waals surface area contributed by atoms with Crippen LogP contribution in [0.25, 0.3) is 0 Å². The van der Waals surface area contributed by atoms with Gasteiger partial charge in [0.2, 0.25) is 0 Å². The highest BCUT2D eigenvalue weighted by molar-refractivity contribution is 14.0. The molecule has 1 atom stereocenters. The lowest BCUT2D eigenvalue weighted by molar-refractivity contribution is 0.281. The monoisotopic (exact) mass is 490 g/mol. The summed E-state index contributed by atoms with van der Waals surface area (Å²) >= 11 is 1.84. The van der Waals surface area contributed by atoms with E-state index in [0.717, 1.165) is 38.1 Å². The molecule has 148 valence electrons. The van der Waals surface area contributed by atoms with Crippen LogP contribution in [0.1, 0.15) is 44.9 Å². The molecule has 0 radical (unpaired) electrons. The van der Waals surface area contributed by atoms with Crippen molar-refractivity contribution in [3.63, 3.8) is 0 Å². The number of hydrogen-bond donors (Lipinski definition) is 1. The van der Waals surface area contributed by atoms with Gasteiger partial charge in [0.25, 0.3) is 0 Å². The van der Waals surface area contributed by atoms with Gasteiger partial charge in [-0.1, -0.05) is 19.9 Å². The third-order valence-corrected chi connectivity index (χ3v) is 6.68. The normalized spacial score (nSPS) is 21.9. The van der Waals surface area contributed by atoms with Crippen molar-refractivity contribution in [2.45, 2.75) is 45.4 Å². The Bertz CT molecular complexity index is 552. The van der Waals surface area contributed by atoms with Crippen LogP contribution in [0.5, 0.6) is 0 Å². The number of hydrogen-bond acceptors (Lipinski definition) is 3. The molecule has 0 aliphatic carbocycles. The van der Waals surface area contributed by atoms with Crippen LogP contribution in [-0.2, 0) is 5.41 Å². The fourth-order valence-corrected chi connectivity index (χ4v) is 4.79. The van der Waals surface area contributed by atoms with Gasteiger partial charge in [-0.2, -0.15) is 0 Å². The number of aliphatic imine (C=N–C) groups is 1. The van der Waals surface area contributed by atoms with Crippen LogP contribution in [0.2, 0.25) is 0 Å². The number of likely N-dealkylation sites (tertiary alicyclic amines) is 2. The predicted molar refractivity (Wildman–Crippen MR) is 124 cm³/mol. The minimum absolute atomic E-state index is 0. The first-order chi connectivity index (χ1) is 12.1. The van der Waals surface area contributed by atoms with Gasteiger partial charge in [0.05, 0.1) is 6.54 Å². The summed E-state index contributed by atoms with van der Waals surface area (Å²) in [5.41, 5.74) is 0.101. The Balaban J connectivity index is 0.00000243. The van der Waals surface area contributed by atoms with Crippen LogP contribution in [-0.4, -0.2) is 61.6 Å². The molecule has 3 heterocycles. The van der Waals surface area contributed by atoms with Crippen molar-refractivity contribution in [2.75, 3.05) is 45.8 Å². The smallest absolute Gasteiger partial charge is 0.193 e. The summed E-state index contributed by atoms with van der Waals surface area (Å²) in [6, 6.07) is 4.37. The molecule has 0 aromatic carbocycles. The second-order valence-corrected chi connectivity index (χ2v) is 9.09. The Labute approximate surface area is 180 Å². The molecular weight excluding hydrogens is 455 g/mol. The van der Waals surface area contributed by atoms with E-state index >= 15 is 0 Å². The van der Waals surface area contributed by atoms with Crippen LogP contribution in [0.4, 0.5) is 0 Å². The van der Waals surface area contributed by atoms with Crippen molar-refractivity contribution in [1.82, 2.24) is 15.1 Å². The maximum Gasteiger partial charge on any atom is 0.193 e. The number of halogens is 1. The van der Waals surface area contributed by atoms with E-state index in [2.05, 4.69) is 53.4 Å². The van der Waals surface area contributed by atoms with Gasteiger partial charge in [0.1, 0.15) is 0 Å². The van der Waals surface area contributed by atoms with Gasteiger partial charge in [-0.15, -0.1) is 35.3 Å². The third-order valence-electron chi connectivity index (χ3n) is 5.45. The van der Waals surface area contributed by atoms with Crippen molar-refractivity contribution in [3.8, 4) is 0 Å². The first-order valence-corrected chi connectivity index (χ1v) is 10.8. The number of rotatable bonds is 6. The maximum atomic E-state index is 5.01. The molecule has 26 heavy (non-hydrogen) atoms. The SMILES string of the molecule is CCNC(=NCC(C)(C)c1cccs1)N1CCC(CN2CCCC2)C1.I. The fourth-order valence-electron chi connectivity index (χ4n) is 3.94. The van der Waals surface area contributed by atoms with Gasteiger partial charge in [-0.05, 0) is 56.6 Å². The average molecular weight is 490 g/mol. The quantitative estimate of drug-likeness (QED) is 0.371. The molecular formula is C20H35IN4S. The average Bonchev–Trinajstić information content (AvgIpc) is 3.33. The Morgan fingerprint density at radius 2 is 2.08 bits per heavy atom. The molecule has 1 N–H and O–H groups in total. The predicted octanol–water partition coefficient (Wildman–Crippen LogP) is 4.03. The van der Waals surface area contributed by atoms with Gasteiger partial charge < -0.3 is 15.1 Å². The van der Waals surface area contributed by atoms with Gasteiger partial charge in [0, 0.05) is 36.5 Å². The molecule has 1 unspecified atom stereocenters. The van der Waals surface area contributed by atoms with E-state index in [1.165, 1.54) is 43.8 Å². The van der Waals surface area contributed by atoms with E-state index in [1.807, 2.05) is 11.3 Å². The highest BCUT2D eigenvalue weighted by atomic mass is 127. The van der Waals surface area contributed by atoms with Crippen LogP contribution in [0.3, 0.4) is 0 Å². The summed E-state index contributed by atoms with van der Waals surface area (Å²) in [6.45, 7) is 14.7. The molecule has 2 aliphatic heterocycles. The largest absolute Gasteiger partial charge is 0.357 e. The molecule has 0 spiro atoms. The standard InChI is InChI=1S/C20H34N4S.HI/c1-4-21-19(22-16-20(2,3)18-8-7-13-25-18)24-12-9-17(15-24)14-23-10-5-6-11-23;/h7-8,13,17H,4-6,9-12,14-16H2,1-3H3,(H,21,22);1H. The molecule has 1 aromatic rings. The molecule has 3 rings (SSSR count). The number of guanidine groups is 1. The van der Waals surface area contributed by atoms with E-state index in [0.29, 0.717) is 0 Å². The Hall–Kier alpha value is -0.340. The van der Waals surface area contributed by atoms with E-state index in [4.69, 9.17) is 4.99 Å². The molecule has 2 fully saturated rings. The highest BCUT2D eigenvalue weighted by Gasteiger charge is 2.28. The van der Waals surface area contributed by atoms with E-state index in [9.17, 15) is 0 Å². The van der Waals surface area contributed by atoms with Crippen molar-refractivity contribution < 1.29 is 0 Å². The lowest BCUT2D eigenvalue weighted by Crippen LogP contribution is -2.41.